The topological polar surface area (TPSA) is 85.1 Å². The fourth-order valence-corrected chi connectivity index (χ4v) is 3.39. The molecule has 3 aromatic rings. The molecule has 8 nitrogen and oxygen atoms in total. The molecule has 0 saturated carbocycles. The number of aliphatic imine (C=N–C) groups is 1. The van der Waals surface area contributed by atoms with Gasteiger partial charge in [0.25, 0.3) is 0 Å². The quantitative estimate of drug-likeness (QED) is 0.275. The molecule has 1 saturated heterocycles. The molecule has 2 N–H and O–H groups in total. The first-order valence-corrected chi connectivity index (χ1v) is 10.3. The number of ether oxygens (including phenoxy) is 2. The summed E-state index contributed by atoms with van der Waals surface area (Å²) in [4.78, 5) is 4.29. The van der Waals surface area contributed by atoms with E-state index in [1.807, 2.05) is 28.8 Å². The lowest BCUT2D eigenvalue weighted by molar-refractivity contribution is -0.0390. The van der Waals surface area contributed by atoms with Crippen LogP contribution in [0.2, 0.25) is 0 Å². The van der Waals surface area contributed by atoms with E-state index in [2.05, 4.69) is 50.1 Å². The maximum Gasteiger partial charge on any atom is 0.191 e. The fourth-order valence-electron chi connectivity index (χ4n) is 3.39. The van der Waals surface area contributed by atoms with Crippen molar-refractivity contribution in [3.63, 3.8) is 0 Å². The smallest absolute Gasteiger partial charge is 0.191 e. The number of benzene rings is 1. The summed E-state index contributed by atoms with van der Waals surface area (Å²) in [7, 11) is 1.76. The third-order valence-electron chi connectivity index (χ3n) is 5.16. The first-order valence-electron chi connectivity index (χ1n) is 10.3. The van der Waals surface area contributed by atoms with Gasteiger partial charge in [-0.3, -0.25) is 9.39 Å². The van der Waals surface area contributed by atoms with Gasteiger partial charge in [0.1, 0.15) is 0 Å². The van der Waals surface area contributed by atoms with Crippen molar-refractivity contribution in [3.8, 4) is 0 Å². The number of nitrogens with one attached hydrogen (secondary N) is 2. The molecule has 0 aliphatic carbocycles. The number of halogens is 1. The van der Waals surface area contributed by atoms with Crippen LogP contribution in [-0.4, -0.2) is 46.9 Å². The number of rotatable bonds is 7. The van der Waals surface area contributed by atoms with E-state index in [0.29, 0.717) is 25.8 Å². The van der Waals surface area contributed by atoms with Crippen LogP contribution in [0.25, 0.3) is 5.65 Å². The third kappa shape index (κ3) is 6.62. The SMILES string of the molecule is CN=C(NCc1ccc(COC2CCOCC2)cc1)NCc1nnc2ccccn12.I. The van der Waals surface area contributed by atoms with Crippen LogP contribution >= 0.6 is 24.0 Å². The molecule has 31 heavy (non-hydrogen) atoms. The summed E-state index contributed by atoms with van der Waals surface area (Å²) in [5.74, 6) is 1.55. The summed E-state index contributed by atoms with van der Waals surface area (Å²) in [6, 6.07) is 14.3. The van der Waals surface area contributed by atoms with Gasteiger partial charge in [-0.05, 0) is 36.1 Å². The molecular weight excluding hydrogens is 507 g/mol. The van der Waals surface area contributed by atoms with Crippen LogP contribution in [0.5, 0.6) is 0 Å². The van der Waals surface area contributed by atoms with Gasteiger partial charge in [0.2, 0.25) is 0 Å². The first kappa shape index (κ1) is 23.4. The van der Waals surface area contributed by atoms with Crippen molar-refractivity contribution in [1.82, 2.24) is 25.2 Å². The summed E-state index contributed by atoms with van der Waals surface area (Å²) in [6.45, 7) is 3.47. The maximum absolute atomic E-state index is 5.98. The Morgan fingerprint density at radius 1 is 1.06 bits per heavy atom. The Morgan fingerprint density at radius 2 is 1.81 bits per heavy atom. The van der Waals surface area contributed by atoms with Gasteiger partial charge in [0, 0.05) is 33.0 Å². The zero-order valence-corrected chi connectivity index (χ0v) is 20.0. The van der Waals surface area contributed by atoms with E-state index in [4.69, 9.17) is 9.47 Å². The number of nitrogens with zero attached hydrogens (tertiary/aromatic N) is 4. The molecular formula is C22H29IN6O2. The molecule has 0 radical (unpaired) electrons. The van der Waals surface area contributed by atoms with E-state index in [1.165, 1.54) is 11.1 Å². The van der Waals surface area contributed by atoms with E-state index < -0.39 is 0 Å². The summed E-state index contributed by atoms with van der Waals surface area (Å²) < 4.78 is 13.3. The predicted molar refractivity (Wildman–Crippen MR) is 131 cm³/mol. The Kier molecular flexibility index (Phi) is 9.04. The largest absolute Gasteiger partial charge is 0.381 e. The van der Waals surface area contributed by atoms with Crippen LogP contribution in [0.3, 0.4) is 0 Å². The van der Waals surface area contributed by atoms with Crippen molar-refractivity contribution in [1.29, 1.82) is 0 Å². The molecule has 0 bridgehead atoms. The van der Waals surface area contributed by atoms with E-state index in [-0.39, 0.29) is 24.0 Å². The van der Waals surface area contributed by atoms with Gasteiger partial charge in [-0.2, -0.15) is 0 Å². The maximum atomic E-state index is 5.98. The normalized spacial score (nSPS) is 14.9. The number of fused-ring (bicyclic) bond motifs is 1. The second kappa shape index (κ2) is 12.0. The van der Waals surface area contributed by atoms with Crippen LogP contribution in [0, 0.1) is 0 Å². The van der Waals surface area contributed by atoms with Crippen LogP contribution in [0.1, 0.15) is 29.8 Å². The number of pyridine rings is 1. The zero-order chi connectivity index (χ0) is 20.6. The lowest BCUT2D eigenvalue weighted by Gasteiger charge is -2.22. The predicted octanol–water partition coefficient (Wildman–Crippen LogP) is 2.91. The molecule has 0 amide bonds. The van der Waals surface area contributed by atoms with Gasteiger partial charge in [-0.15, -0.1) is 34.2 Å². The number of aromatic nitrogens is 3. The van der Waals surface area contributed by atoms with Crippen LogP contribution in [0.15, 0.2) is 53.7 Å². The molecule has 3 heterocycles. The number of hydrogen-bond acceptors (Lipinski definition) is 5. The van der Waals surface area contributed by atoms with Gasteiger partial charge in [0.15, 0.2) is 17.4 Å². The Morgan fingerprint density at radius 3 is 2.58 bits per heavy atom. The molecule has 0 spiro atoms. The highest BCUT2D eigenvalue weighted by molar-refractivity contribution is 14.0. The van der Waals surface area contributed by atoms with E-state index >= 15 is 0 Å². The van der Waals surface area contributed by atoms with Crippen LogP contribution in [0.4, 0.5) is 0 Å². The van der Waals surface area contributed by atoms with Crippen molar-refractivity contribution >= 4 is 35.6 Å². The molecule has 1 aliphatic heterocycles. The molecule has 4 rings (SSSR count). The highest BCUT2D eigenvalue weighted by Gasteiger charge is 2.14. The van der Waals surface area contributed by atoms with E-state index in [1.54, 1.807) is 7.05 Å². The monoisotopic (exact) mass is 536 g/mol. The zero-order valence-electron chi connectivity index (χ0n) is 17.7. The highest BCUT2D eigenvalue weighted by atomic mass is 127. The molecule has 2 aromatic heterocycles. The first-order chi connectivity index (χ1) is 14.8. The van der Waals surface area contributed by atoms with Crippen molar-refractivity contribution in [2.24, 2.45) is 4.99 Å². The molecule has 0 unspecified atom stereocenters. The molecule has 166 valence electrons. The average Bonchev–Trinajstić information content (AvgIpc) is 3.22. The molecule has 0 atom stereocenters. The summed E-state index contributed by atoms with van der Waals surface area (Å²) in [5.41, 5.74) is 3.20. The Bertz CT molecular complexity index is 970. The van der Waals surface area contributed by atoms with Crippen molar-refractivity contribution in [2.45, 2.75) is 38.6 Å². The molecule has 1 aliphatic rings. The summed E-state index contributed by atoms with van der Waals surface area (Å²) in [6.07, 6.45) is 4.24. The Labute approximate surface area is 199 Å². The molecule has 1 aromatic carbocycles. The Hall–Kier alpha value is -2.24. The number of hydrogen-bond donors (Lipinski definition) is 2. The van der Waals surface area contributed by atoms with Gasteiger partial charge < -0.3 is 20.1 Å². The third-order valence-corrected chi connectivity index (χ3v) is 5.16. The molecule has 9 heteroatoms. The van der Waals surface area contributed by atoms with Crippen molar-refractivity contribution in [2.75, 3.05) is 20.3 Å². The second-order valence-electron chi connectivity index (χ2n) is 7.26. The second-order valence-corrected chi connectivity index (χ2v) is 7.26. The van der Waals surface area contributed by atoms with Crippen LogP contribution < -0.4 is 10.6 Å². The van der Waals surface area contributed by atoms with Gasteiger partial charge in [-0.25, -0.2) is 0 Å². The molecule has 1 fully saturated rings. The van der Waals surface area contributed by atoms with Gasteiger partial charge in [-0.1, -0.05) is 30.3 Å². The Balaban J connectivity index is 0.00000272. The minimum absolute atomic E-state index is 0. The minimum atomic E-state index is 0. The lowest BCUT2D eigenvalue weighted by atomic mass is 10.1. The minimum Gasteiger partial charge on any atom is -0.381 e. The van der Waals surface area contributed by atoms with Gasteiger partial charge in [0.05, 0.1) is 19.3 Å². The van der Waals surface area contributed by atoms with E-state index in [0.717, 1.165) is 43.5 Å². The van der Waals surface area contributed by atoms with Crippen molar-refractivity contribution in [3.05, 3.63) is 65.6 Å². The van der Waals surface area contributed by atoms with E-state index in [9.17, 15) is 0 Å². The summed E-state index contributed by atoms with van der Waals surface area (Å²) >= 11 is 0. The standard InChI is InChI=1S/C22H28N6O2.HI/c1-23-22(25-15-21-27-26-20-4-2-3-11-28(20)21)24-14-17-5-7-18(8-6-17)16-30-19-9-12-29-13-10-19;/h2-8,11,19H,9-10,12-16H2,1H3,(H2,23,24,25);1H. The average molecular weight is 536 g/mol. The highest BCUT2D eigenvalue weighted by Crippen LogP contribution is 2.14. The van der Waals surface area contributed by atoms with Crippen LogP contribution in [-0.2, 0) is 29.2 Å². The fraction of sp³-hybridized carbons (Fsp3) is 0.409. The van der Waals surface area contributed by atoms with Gasteiger partial charge >= 0.3 is 0 Å². The van der Waals surface area contributed by atoms with Crippen molar-refractivity contribution < 1.29 is 9.47 Å². The lowest BCUT2D eigenvalue weighted by Crippen LogP contribution is -2.36. The number of guanidine groups is 1. The summed E-state index contributed by atoms with van der Waals surface area (Å²) in [5, 5.41) is 15.0.